The van der Waals surface area contributed by atoms with E-state index in [2.05, 4.69) is 5.32 Å². The van der Waals surface area contributed by atoms with Crippen LogP contribution in [0.4, 0.5) is 4.39 Å². The van der Waals surface area contributed by atoms with Gasteiger partial charge < -0.3 is 15.8 Å². The molecule has 136 valence electrons. The highest BCUT2D eigenvalue weighted by atomic mass is 35.5. The highest BCUT2D eigenvalue weighted by molar-refractivity contribution is 5.85. The molecule has 2 rings (SSSR count). The second-order valence-electron chi connectivity index (χ2n) is 5.91. The van der Waals surface area contributed by atoms with Crippen LogP contribution < -0.4 is 15.8 Å². The van der Waals surface area contributed by atoms with Gasteiger partial charge >= 0.3 is 0 Å². The molecule has 1 amide bonds. The first kappa shape index (κ1) is 20.9. The van der Waals surface area contributed by atoms with Crippen LogP contribution in [0.1, 0.15) is 38.3 Å². The minimum atomic E-state index is -0.465. The van der Waals surface area contributed by atoms with Crippen LogP contribution in [0.3, 0.4) is 0 Å². The van der Waals surface area contributed by atoms with Gasteiger partial charge in [0.15, 0.2) is 11.6 Å². The van der Waals surface area contributed by atoms with Crippen LogP contribution in [0.25, 0.3) is 0 Å². The largest absolute Gasteiger partial charge is 0.454 e. The fraction of sp³-hybridized carbons (Fsp3) is 0.316. The van der Waals surface area contributed by atoms with E-state index in [1.165, 1.54) is 6.07 Å². The smallest absolute Gasteiger partial charge is 0.220 e. The van der Waals surface area contributed by atoms with Crippen molar-refractivity contribution >= 4 is 18.3 Å². The SMILES string of the molecule is CC(N)CCC(=O)NC(C)c1ccc(Oc2ccccc2)c(F)c1.Cl. The van der Waals surface area contributed by atoms with Gasteiger partial charge in [0.05, 0.1) is 6.04 Å². The van der Waals surface area contributed by atoms with Crippen LogP contribution in [0.15, 0.2) is 48.5 Å². The molecule has 0 bridgehead atoms. The second kappa shape index (κ2) is 10.0. The van der Waals surface area contributed by atoms with Gasteiger partial charge in [-0.2, -0.15) is 0 Å². The van der Waals surface area contributed by atoms with Crippen LogP contribution in [0.2, 0.25) is 0 Å². The molecule has 0 aliphatic rings. The average molecular weight is 367 g/mol. The first-order valence-corrected chi connectivity index (χ1v) is 8.03. The van der Waals surface area contributed by atoms with E-state index in [0.717, 1.165) is 0 Å². The average Bonchev–Trinajstić information content (AvgIpc) is 2.55. The normalized spacial score (nSPS) is 12.6. The highest BCUT2D eigenvalue weighted by Crippen LogP contribution is 2.26. The molecule has 4 nitrogen and oxygen atoms in total. The molecular formula is C19H24ClFN2O2. The van der Waals surface area contributed by atoms with Crippen LogP contribution in [-0.4, -0.2) is 11.9 Å². The molecule has 6 heteroatoms. The van der Waals surface area contributed by atoms with Gasteiger partial charge in [0, 0.05) is 12.5 Å². The molecule has 0 radical (unpaired) electrons. The van der Waals surface area contributed by atoms with Crippen LogP contribution in [0, 0.1) is 5.82 Å². The third kappa shape index (κ3) is 6.72. The summed E-state index contributed by atoms with van der Waals surface area (Å²) < 4.78 is 19.7. The summed E-state index contributed by atoms with van der Waals surface area (Å²) in [7, 11) is 0. The summed E-state index contributed by atoms with van der Waals surface area (Å²) in [6.45, 7) is 3.67. The minimum absolute atomic E-state index is 0. The Balaban J connectivity index is 0.00000312. The summed E-state index contributed by atoms with van der Waals surface area (Å²) in [4.78, 5) is 11.8. The number of hydrogen-bond donors (Lipinski definition) is 2. The highest BCUT2D eigenvalue weighted by Gasteiger charge is 2.13. The molecule has 0 aliphatic heterocycles. The number of nitrogens with two attached hydrogens (primary N) is 1. The van der Waals surface area contributed by atoms with Gasteiger partial charge in [0.1, 0.15) is 5.75 Å². The van der Waals surface area contributed by atoms with Crippen molar-refractivity contribution in [1.29, 1.82) is 0 Å². The molecule has 0 saturated carbocycles. The Hall–Kier alpha value is -2.11. The lowest BCUT2D eigenvalue weighted by Gasteiger charge is -2.16. The van der Waals surface area contributed by atoms with Crippen LogP contribution in [0.5, 0.6) is 11.5 Å². The number of rotatable bonds is 7. The molecule has 0 spiro atoms. The van der Waals surface area contributed by atoms with Crippen molar-refractivity contribution < 1.29 is 13.9 Å². The predicted molar refractivity (Wildman–Crippen MR) is 99.6 cm³/mol. The lowest BCUT2D eigenvalue weighted by Crippen LogP contribution is -2.28. The van der Waals surface area contributed by atoms with Crippen molar-refractivity contribution in [2.24, 2.45) is 5.73 Å². The zero-order chi connectivity index (χ0) is 17.5. The van der Waals surface area contributed by atoms with Gasteiger partial charge in [-0.15, -0.1) is 12.4 Å². The van der Waals surface area contributed by atoms with Crippen molar-refractivity contribution in [2.75, 3.05) is 0 Å². The summed E-state index contributed by atoms with van der Waals surface area (Å²) in [5.41, 5.74) is 6.32. The Labute approximate surface area is 154 Å². The summed E-state index contributed by atoms with van der Waals surface area (Å²) in [6.07, 6.45) is 0.983. The molecule has 0 fully saturated rings. The molecular weight excluding hydrogens is 343 g/mol. The van der Waals surface area contributed by atoms with Gasteiger partial charge in [0.25, 0.3) is 0 Å². The fourth-order valence-corrected chi connectivity index (χ4v) is 2.24. The standard InChI is InChI=1S/C19H23FN2O2.ClH/c1-13(21)8-11-19(23)22-14(2)15-9-10-18(17(20)12-15)24-16-6-4-3-5-7-16;/h3-7,9-10,12-14H,8,11,21H2,1-2H3,(H,22,23);1H. The van der Waals surface area contributed by atoms with Gasteiger partial charge in [-0.05, 0) is 50.1 Å². The van der Waals surface area contributed by atoms with E-state index in [1.54, 1.807) is 24.3 Å². The van der Waals surface area contributed by atoms with Gasteiger partial charge in [-0.3, -0.25) is 4.79 Å². The molecule has 2 atom stereocenters. The molecule has 0 aromatic heterocycles. The molecule has 2 aromatic carbocycles. The van der Waals surface area contributed by atoms with E-state index in [9.17, 15) is 9.18 Å². The van der Waals surface area contributed by atoms with Crippen molar-refractivity contribution in [3.8, 4) is 11.5 Å². The monoisotopic (exact) mass is 366 g/mol. The molecule has 0 saturated heterocycles. The maximum absolute atomic E-state index is 14.2. The summed E-state index contributed by atoms with van der Waals surface area (Å²) in [6, 6.07) is 13.4. The van der Waals surface area contributed by atoms with Crippen molar-refractivity contribution in [1.82, 2.24) is 5.32 Å². The van der Waals surface area contributed by atoms with E-state index in [1.807, 2.05) is 32.0 Å². The number of para-hydroxylation sites is 1. The van der Waals surface area contributed by atoms with E-state index >= 15 is 0 Å². The third-order valence-electron chi connectivity index (χ3n) is 3.63. The Bertz CT molecular complexity index is 680. The zero-order valence-corrected chi connectivity index (χ0v) is 15.2. The number of benzene rings is 2. The molecule has 0 heterocycles. The van der Waals surface area contributed by atoms with Crippen molar-refractivity contribution in [3.63, 3.8) is 0 Å². The van der Waals surface area contributed by atoms with Gasteiger partial charge in [-0.1, -0.05) is 24.3 Å². The first-order chi connectivity index (χ1) is 11.5. The fourth-order valence-electron chi connectivity index (χ4n) is 2.24. The Kier molecular flexibility index (Phi) is 8.38. The second-order valence-corrected chi connectivity index (χ2v) is 5.91. The number of carbonyl (C=O) groups excluding carboxylic acids is 1. The predicted octanol–water partition coefficient (Wildman–Crippen LogP) is 4.34. The minimum Gasteiger partial charge on any atom is -0.454 e. The summed E-state index contributed by atoms with van der Waals surface area (Å²) in [5.74, 6) is 0.166. The summed E-state index contributed by atoms with van der Waals surface area (Å²) in [5, 5.41) is 2.85. The summed E-state index contributed by atoms with van der Waals surface area (Å²) >= 11 is 0. The van der Waals surface area contributed by atoms with Gasteiger partial charge in [0.2, 0.25) is 5.91 Å². The maximum Gasteiger partial charge on any atom is 0.220 e. The Morgan fingerprint density at radius 1 is 1.20 bits per heavy atom. The maximum atomic E-state index is 14.2. The van der Waals surface area contributed by atoms with E-state index in [-0.39, 0.29) is 36.1 Å². The zero-order valence-electron chi connectivity index (χ0n) is 14.4. The van der Waals surface area contributed by atoms with Crippen LogP contribution in [-0.2, 0) is 4.79 Å². The van der Waals surface area contributed by atoms with Crippen molar-refractivity contribution in [3.05, 3.63) is 59.9 Å². The molecule has 3 N–H and O–H groups in total. The first-order valence-electron chi connectivity index (χ1n) is 8.03. The van der Waals surface area contributed by atoms with Gasteiger partial charge in [-0.25, -0.2) is 4.39 Å². The Morgan fingerprint density at radius 3 is 2.48 bits per heavy atom. The molecule has 2 aromatic rings. The number of nitrogens with one attached hydrogen (secondary N) is 1. The van der Waals surface area contributed by atoms with Crippen molar-refractivity contribution in [2.45, 2.75) is 38.8 Å². The lowest BCUT2D eigenvalue weighted by atomic mass is 10.1. The number of ether oxygens (including phenoxy) is 1. The topological polar surface area (TPSA) is 64.4 Å². The molecule has 0 aliphatic carbocycles. The third-order valence-corrected chi connectivity index (χ3v) is 3.63. The Morgan fingerprint density at radius 2 is 1.88 bits per heavy atom. The molecule has 2 unspecified atom stereocenters. The lowest BCUT2D eigenvalue weighted by molar-refractivity contribution is -0.121. The van der Waals surface area contributed by atoms with E-state index < -0.39 is 5.82 Å². The van der Waals surface area contributed by atoms with Crippen LogP contribution >= 0.6 is 12.4 Å². The van der Waals surface area contributed by atoms with E-state index in [4.69, 9.17) is 10.5 Å². The number of carbonyl (C=O) groups is 1. The number of amides is 1. The number of hydrogen-bond acceptors (Lipinski definition) is 3. The number of halogens is 2. The quantitative estimate of drug-likeness (QED) is 0.765. The molecule has 25 heavy (non-hydrogen) atoms. The van der Waals surface area contributed by atoms with E-state index in [0.29, 0.717) is 24.2 Å².